The van der Waals surface area contributed by atoms with Gasteiger partial charge in [-0.3, -0.25) is 4.79 Å². The summed E-state index contributed by atoms with van der Waals surface area (Å²) in [7, 11) is 0. The lowest BCUT2D eigenvalue weighted by molar-refractivity contribution is 0.101. The SMILES string of the molecule is Cc1ccc(C(=O)CNc2nc3c(C)c(Cl)ccc3s2)c(C)c1. The molecule has 3 aromatic rings. The molecule has 0 aliphatic carbocycles. The maximum Gasteiger partial charge on any atom is 0.184 e. The zero-order valence-corrected chi connectivity index (χ0v) is 14.8. The number of ketones is 1. The Kier molecular flexibility index (Phi) is 4.37. The van der Waals surface area contributed by atoms with E-state index < -0.39 is 0 Å². The monoisotopic (exact) mass is 344 g/mol. The number of fused-ring (bicyclic) bond motifs is 1. The Labute approximate surface area is 144 Å². The second-order valence-electron chi connectivity index (χ2n) is 5.63. The third-order valence-corrected chi connectivity index (χ3v) is 5.22. The van der Waals surface area contributed by atoms with Gasteiger partial charge in [0.05, 0.1) is 16.8 Å². The quantitative estimate of drug-likeness (QED) is 0.664. The van der Waals surface area contributed by atoms with Crippen molar-refractivity contribution in [3.63, 3.8) is 0 Å². The van der Waals surface area contributed by atoms with Crippen LogP contribution in [0.15, 0.2) is 30.3 Å². The first kappa shape index (κ1) is 16.0. The minimum atomic E-state index is 0.0662. The molecular weight excluding hydrogens is 328 g/mol. The summed E-state index contributed by atoms with van der Waals surface area (Å²) in [6.45, 7) is 6.17. The van der Waals surface area contributed by atoms with E-state index >= 15 is 0 Å². The minimum absolute atomic E-state index is 0.0662. The van der Waals surface area contributed by atoms with Crippen molar-refractivity contribution >= 4 is 44.1 Å². The van der Waals surface area contributed by atoms with Gasteiger partial charge in [0.25, 0.3) is 0 Å². The molecule has 118 valence electrons. The zero-order valence-electron chi connectivity index (χ0n) is 13.2. The third kappa shape index (κ3) is 3.23. The van der Waals surface area contributed by atoms with Crippen molar-refractivity contribution in [3.05, 3.63) is 57.6 Å². The normalized spacial score (nSPS) is 11.0. The van der Waals surface area contributed by atoms with Crippen molar-refractivity contribution in [1.82, 2.24) is 4.98 Å². The fourth-order valence-electron chi connectivity index (χ4n) is 2.55. The number of carbonyl (C=O) groups excluding carboxylic acids is 1. The van der Waals surface area contributed by atoms with E-state index in [0.29, 0.717) is 5.02 Å². The molecule has 0 fully saturated rings. The van der Waals surface area contributed by atoms with Crippen LogP contribution in [0.1, 0.15) is 27.0 Å². The lowest BCUT2D eigenvalue weighted by atomic mass is 10.0. The van der Waals surface area contributed by atoms with Crippen LogP contribution in [0, 0.1) is 20.8 Å². The summed E-state index contributed by atoms with van der Waals surface area (Å²) >= 11 is 7.66. The number of hydrogen-bond acceptors (Lipinski definition) is 4. The Morgan fingerprint density at radius 1 is 1.22 bits per heavy atom. The molecule has 3 nitrogen and oxygen atoms in total. The van der Waals surface area contributed by atoms with Crippen molar-refractivity contribution in [1.29, 1.82) is 0 Å². The topological polar surface area (TPSA) is 42.0 Å². The highest BCUT2D eigenvalue weighted by atomic mass is 35.5. The lowest BCUT2D eigenvalue weighted by Gasteiger charge is -2.06. The number of nitrogens with one attached hydrogen (secondary N) is 1. The molecule has 0 atom stereocenters. The van der Waals surface area contributed by atoms with Gasteiger partial charge < -0.3 is 5.32 Å². The fraction of sp³-hybridized carbons (Fsp3) is 0.222. The number of rotatable bonds is 4. The molecule has 0 aliphatic rings. The van der Waals surface area contributed by atoms with E-state index in [1.165, 1.54) is 11.3 Å². The maximum atomic E-state index is 12.4. The summed E-state index contributed by atoms with van der Waals surface area (Å²) < 4.78 is 1.06. The van der Waals surface area contributed by atoms with Gasteiger partial charge in [0.1, 0.15) is 0 Å². The van der Waals surface area contributed by atoms with Gasteiger partial charge in [-0.2, -0.15) is 0 Å². The van der Waals surface area contributed by atoms with E-state index in [1.54, 1.807) is 0 Å². The lowest BCUT2D eigenvalue weighted by Crippen LogP contribution is -2.15. The first-order valence-corrected chi connectivity index (χ1v) is 8.55. The smallest absolute Gasteiger partial charge is 0.184 e. The van der Waals surface area contributed by atoms with Gasteiger partial charge in [-0.05, 0) is 44.0 Å². The van der Waals surface area contributed by atoms with Crippen LogP contribution in [0.4, 0.5) is 5.13 Å². The number of nitrogens with zero attached hydrogens (tertiary/aromatic N) is 1. The summed E-state index contributed by atoms with van der Waals surface area (Å²) in [6.07, 6.45) is 0. The molecule has 1 N–H and O–H groups in total. The molecular formula is C18H17ClN2OS. The summed E-state index contributed by atoms with van der Waals surface area (Å²) in [4.78, 5) is 16.9. The van der Waals surface area contributed by atoms with Gasteiger partial charge in [-0.15, -0.1) is 0 Å². The highest BCUT2D eigenvalue weighted by Crippen LogP contribution is 2.31. The molecule has 0 unspecified atom stereocenters. The predicted molar refractivity (Wildman–Crippen MR) is 98.1 cm³/mol. The number of aromatic nitrogens is 1. The molecule has 0 bridgehead atoms. The molecule has 0 amide bonds. The zero-order chi connectivity index (χ0) is 16.6. The second kappa shape index (κ2) is 6.30. The number of halogens is 1. The van der Waals surface area contributed by atoms with Gasteiger partial charge in [-0.1, -0.05) is 46.7 Å². The van der Waals surface area contributed by atoms with E-state index in [-0.39, 0.29) is 12.3 Å². The van der Waals surface area contributed by atoms with E-state index in [2.05, 4.69) is 10.3 Å². The summed E-state index contributed by atoms with van der Waals surface area (Å²) in [5.74, 6) is 0.0662. The molecule has 0 radical (unpaired) electrons. The van der Waals surface area contributed by atoms with E-state index in [9.17, 15) is 4.79 Å². The minimum Gasteiger partial charge on any atom is -0.354 e. The number of thiazole rings is 1. The van der Waals surface area contributed by atoms with Gasteiger partial charge in [-0.25, -0.2) is 4.98 Å². The van der Waals surface area contributed by atoms with Gasteiger partial charge >= 0.3 is 0 Å². The van der Waals surface area contributed by atoms with Crippen LogP contribution >= 0.6 is 22.9 Å². The number of carbonyl (C=O) groups is 1. The molecule has 3 rings (SSSR count). The predicted octanol–water partition coefficient (Wildman–Crippen LogP) is 5.17. The molecule has 23 heavy (non-hydrogen) atoms. The highest BCUT2D eigenvalue weighted by Gasteiger charge is 2.12. The molecule has 1 heterocycles. The summed E-state index contributed by atoms with van der Waals surface area (Å²) in [6, 6.07) is 9.71. The van der Waals surface area contributed by atoms with Crippen molar-refractivity contribution in [2.24, 2.45) is 0 Å². The summed E-state index contributed by atoms with van der Waals surface area (Å²) in [5, 5.41) is 4.58. The van der Waals surface area contributed by atoms with Crippen molar-refractivity contribution in [3.8, 4) is 0 Å². The number of benzene rings is 2. The molecule has 0 saturated heterocycles. The van der Waals surface area contributed by atoms with Crippen molar-refractivity contribution in [2.75, 3.05) is 11.9 Å². The van der Waals surface area contributed by atoms with Crippen LogP contribution < -0.4 is 5.32 Å². The fourth-order valence-corrected chi connectivity index (χ4v) is 3.63. The third-order valence-electron chi connectivity index (χ3n) is 3.83. The highest BCUT2D eigenvalue weighted by molar-refractivity contribution is 7.22. The average molecular weight is 345 g/mol. The van der Waals surface area contributed by atoms with E-state index in [4.69, 9.17) is 11.6 Å². The van der Waals surface area contributed by atoms with Crippen molar-refractivity contribution < 1.29 is 4.79 Å². The second-order valence-corrected chi connectivity index (χ2v) is 7.07. The van der Waals surface area contributed by atoms with Crippen LogP contribution in [0.2, 0.25) is 5.02 Å². The first-order valence-electron chi connectivity index (χ1n) is 7.35. The Hall–Kier alpha value is -1.91. The Bertz CT molecular complexity index is 901. The van der Waals surface area contributed by atoms with Gasteiger partial charge in [0, 0.05) is 10.6 Å². The number of anilines is 1. The van der Waals surface area contributed by atoms with E-state index in [1.807, 2.05) is 51.1 Å². The van der Waals surface area contributed by atoms with Crippen LogP contribution in [-0.2, 0) is 0 Å². The van der Waals surface area contributed by atoms with Crippen molar-refractivity contribution in [2.45, 2.75) is 20.8 Å². The molecule has 1 aromatic heterocycles. The van der Waals surface area contributed by atoms with Gasteiger partial charge in [0.2, 0.25) is 0 Å². The molecule has 2 aromatic carbocycles. The Morgan fingerprint density at radius 3 is 2.74 bits per heavy atom. The number of aryl methyl sites for hydroxylation is 3. The van der Waals surface area contributed by atoms with Crippen LogP contribution in [0.25, 0.3) is 10.2 Å². The average Bonchev–Trinajstić information content (AvgIpc) is 2.92. The molecule has 0 aliphatic heterocycles. The van der Waals surface area contributed by atoms with Crippen LogP contribution in [0.3, 0.4) is 0 Å². The molecule has 5 heteroatoms. The Balaban J connectivity index is 1.78. The summed E-state index contributed by atoms with van der Waals surface area (Å²) in [5.41, 5.74) is 4.77. The number of hydrogen-bond donors (Lipinski definition) is 1. The molecule has 0 spiro atoms. The van der Waals surface area contributed by atoms with Gasteiger partial charge in [0.15, 0.2) is 10.9 Å². The van der Waals surface area contributed by atoms with E-state index in [0.717, 1.165) is 37.6 Å². The largest absolute Gasteiger partial charge is 0.354 e. The first-order chi connectivity index (χ1) is 11.0. The Morgan fingerprint density at radius 2 is 2.00 bits per heavy atom. The maximum absolute atomic E-state index is 12.4. The standard InChI is InChI=1S/C18H17ClN2OS/c1-10-4-5-13(11(2)8-10)15(22)9-20-18-21-17-12(3)14(19)6-7-16(17)23-18/h4-8H,9H2,1-3H3,(H,20,21). The van der Waals surface area contributed by atoms with Crippen LogP contribution in [0.5, 0.6) is 0 Å². The van der Waals surface area contributed by atoms with Crippen LogP contribution in [-0.4, -0.2) is 17.3 Å². The molecule has 0 saturated carbocycles. The number of Topliss-reactive ketones (excluding diaryl/α,β-unsaturated/α-hetero) is 1.